The smallest absolute Gasteiger partial charge is 0.309 e. The molecule has 0 aliphatic rings. The predicted octanol–water partition coefficient (Wildman–Crippen LogP) is 3.32. The Balaban J connectivity index is 2.72. The van der Waals surface area contributed by atoms with E-state index in [1.807, 2.05) is 12.1 Å². The van der Waals surface area contributed by atoms with Crippen molar-refractivity contribution in [1.82, 2.24) is 0 Å². The first-order valence-electron chi connectivity index (χ1n) is 5.33. The Morgan fingerprint density at radius 1 is 1.25 bits per heavy atom. The van der Waals surface area contributed by atoms with Crippen LogP contribution in [0.2, 0.25) is 0 Å². The molecule has 16 heavy (non-hydrogen) atoms. The average molecular weight is 332 g/mol. The van der Waals surface area contributed by atoms with Gasteiger partial charge >= 0.3 is 5.97 Å². The average Bonchev–Trinajstić information content (AvgIpc) is 2.21. The lowest BCUT2D eigenvalue weighted by atomic mass is 9.86. The van der Waals surface area contributed by atoms with Crippen LogP contribution in [0.3, 0.4) is 0 Å². The van der Waals surface area contributed by atoms with Crippen molar-refractivity contribution in [2.75, 3.05) is 4.43 Å². The summed E-state index contributed by atoms with van der Waals surface area (Å²) in [7, 11) is 0. The molecule has 0 radical (unpaired) electrons. The third-order valence-corrected chi connectivity index (χ3v) is 3.17. The van der Waals surface area contributed by atoms with Gasteiger partial charge in [-0.25, -0.2) is 0 Å². The van der Waals surface area contributed by atoms with Crippen LogP contribution in [0.15, 0.2) is 24.3 Å². The molecule has 0 spiro atoms. The summed E-state index contributed by atoms with van der Waals surface area (Å²) in [6.07, 6.45) is 1.65. The number of carboxylic acids is 1. The predicted molar refractivity (Wildman–Crippen MR) is 74.2 cm³/mol. The van der Waals surface area contributed by atoms with Gasteiger partial charge < -0.3 is 5.11 Å². The lowest BCUT2D eigenvalue weighted by Crippen LogP contribution is -2.26. The van der Waals surface area contributed by atoms with E-state index in [0.717, 1.165) is 16.4 Å². The standard InChI is InChI=1S/C13H17IO2/c1-13(2,12(15)16)9-11-5-3-10(4-6-11)7-8-14/h3-6H,7-9H2,1-2H3,(H,15,16). The van der Waals surface area contributed by atoms with E-state index in [2.05, 4.69) is 34.7 Å². The molecular weight excluding hydrogens is 315 g/mol. The van der Waals surface area contributed by atoms with E-state index < -0.39 is 11.4 Å². The van der Waals surface area contributed by atoms with Crippen molar-refractivity contribution in [3.8, 4) is 0 Å². The van der Waals surface area contributed by atoms with Crippen LogP contribution in [0.5, 0.6) is 0 Å². The van der Waals surface area contributed by atoms with Crippen LogP contribution in [0.1, 0.15) is 25.0 Å². The minimum atomic E-state index is -0.746. The van der Waals surface area contributed by atoms with E-state index >= 15 is 0 Å². The molecule has 3 heteroatoms. The molecule has 0 unspecified atom stereocenters. The Morgan fingerprint density at radius 3 is 2.19 bits per heavy atom. The number of aliphatic carboxylic acids is 1. The van der Waals surface area contributed by atoms with Gasteiger partial charge in [-0.2, -0.15) is 0 Å². The summed E-state index contributed by atoms with van der Waals surface area (Å²) in [5.74, 6) is -0.746. The lowest BCUT2D eigenvalue weighted by molar-refractivity contribution is -0.146. The summed E-state index contributed by atoms with van der Waals surface area (Å²) in [4.78, 5) is 11.0. The maximum absolute atomic E-state index is 11.0. The number of halogens is 1. The van der Waals surface area contributed by atoms with Gasteiger partial charge in [0.05, 0.1) is 5.41 Å². The summed E-state index contributed by atoms with van der Waals surface area (Å²) in [6, 6.07) is 8.25. The fraction of sp³-hybridized carbons (Fsp3) is 0.462. The van der Waals surface area contributed by atoms with Crippen LogP contribution in [0.4, 0.5) is 0 Å². The number of benzene rings is 1. The van der Waals surface area contributed by atoms with Crippen LogP contribution < -0.4 is 0 Å². The first kappa shape index (κ1) is 13.5. The fourth-order valence-electron chi connectivity index (χ4n) is 1.52. The zero-order valence-corrected chi connectivity index (χ0v) is 11.8. The zero-order chi connectivity index (χ0) is 12.2. The molecule has 1 aromatic rings. The minimum Gasteiger partial charge on any atom is -0.481 e. The van der Waals surface area contributed by atoms with E-state index in [-0.39, 0.29) is 0 Å². The number of alkyl halides is 1. The molecule has 1 rings (SSSR count). The Hall–Kier alpha value is -0.580. The summed E-state index contributed by atoms with van der Waals surface area (Å²) in [5.41, 5.74) is 1.71. The highest BCUT2D eigenvalue weighted by molar-refractivity contribution is 14.1. The van der Waals surface area contributed by atoms with Gasteiger partial charge in [-0.1, -0.05) is 46.9 Å². The molecule has 1 N–H and O–H groups in total. The van der Waals surface area contributed by atoms with Gasteiger partial charge in [0.1, 0.15) is 0 Å². The first-order chi connectivity index (χ1) is 7.45. The first-order valence-corrected chi connectivity index (χ1v) is 6.85. The third-order valence-electron chi connectivity index (χ3n) is 2.63. The van der Waals surface area contributed by atoms with Crippen LogP contribution in [-0.4, -0.2) is 15.5 Å². The molecule has 0 fully saturated rings. The third kappa shape index (κ3) is 3.77. The Bertz CT molecular complexity index is 355. The van der Waals surface area contributed by atoms with Crippen LogP contribution >= 0.6 is 22.6 Å². The van der Waals surface area contributed by atoms with Crippen LogP contribution in [0, 0.1) is 5.41 Å². The topological polar surface area (TPSA) is 37.3 Å². The normalized spacial score (nSPS) is 11.4. The molecule has 0 aliphatic carbocycles. The van der Waals surface area contributed by atoms with Gasteiger partial charge in [0.2, 0.25) is 0 Å². The largest absolute Gasteiger partial charge is 0.481 e. The van der Waals surface area contributed by atoms with Crippen molar-refractivity contribution in [2.24, 2.45) is 5.41 Å². The van der Waals surface area contributed by atoms with Gasteiger partial charge in [-0.15, -0.1) is 0 Å². The van der Waals surface area contributed by atoms with Gasteiger partial charge in [-0.3, -0.25) is 4.79 Å². The molecule has 0 saturated carbocycles. The quantitative estimate of drug-likeness (QED) is 0.663. The number of carbonyl (C=O) groups is 1. The molecular formula is C13H17IO2. The highest BCUT2D eigenvalue weighted by Gasteiger charge is 2.27. The summed E-state index contributed by atoms with van der Waals surface area (Å²) < 4.78 is 1.11. The molecule has 0 aromatic heterocycles. The monoisotopic (exact) mass is 332 g/mol. The second kappa shape index (κ2) is 5.66. The molecule has 0 saturated heterocycles. The number of hydrogen-bond donors (Lipinski definition) is 1. The fourth-order valence-corrected chi connectivity index (χ4v) is 2.14. The molecule has 0 aliphatic heterocycles. The molecule has 2 nitrogen and oxygen atoms in total. The maximum Gasteiger partial charge on any atom is 0.309 e. The molecule has 1 aromatic carbocycles. The Kier molecular flexibility index (Phi) is 4.77. The molecule has 0 amide bonds. The molecule has 0 bridgehead atoms. The Morgan fingerprint density at radius 2 is 1.75 bits per heavy atom. The molecule has 0 atom stereocenters. The summed E-state index contributed by atoms with van der Waals surface area (Å²) in [5, 5.41) is 9.04. The van der Waals surface area contributed by atoms with Crippen molar-refractivity contribution in [1.29, 1.82) is 0 Å². The van der Waals surface area contributed by atoms with E-state index in [4.69, 9.17) is 5.11 Å². The maximum atomic E-state index is 11.0. The van der Waals surface area contributed by atoms with Crippen molar-refractivity contribution in [2.45, 2.75) is 26.7 Å². The van der Waals surface area contributed by atoms with Gasteiger partial charge in [0, 0.05) is 4.43 Å². The number of carboxylic acid groups (broad SMARTS) is 1. The number of aryl methyl sites for hydroxylation is 1. The van der Waals surface area contributed by atoms with Gasteiger partial charge in [-0.05, 0) is 37.8 Å². The van der Waals surface area contributed by atoms with Crippen molar-refractivity contribution < 1.29 is 9.90 Å². The highest BCUT2D eigenvalue weighted by Crippen LogP contribution is 2.22. The van der Waals surface area contributed by atoms with Gasteiger partial charge in [0.25, 0.3) is 0 Å². The van der Waals surface area contributed by atoms with Crippen LogP contribution in [0.25, 0.3) is 0 Å². The number of hydrogen-bond acceptors (Lipinski definition) is 1. The van der Waals surface area contributed by atoms with E-state index in [9.17, 15) is 4.79 Å². The Labute approximate surface area is 110 Å². The molecule has 0 heterocycles. The van der Waals surface area contributed by atoms with E-state index in [0.29, 0.717) is 6.42 Å². The lowest BCUT2D eigenvalue weighted by Gasteiger charge is -2.19. The van der Waals surface area contributed by atoms with Crippen molar-refractivity contribution >= 4 is 28.6 Å². The number of rotatable bonds is 5. The highest BCUT2D eigenvalue weighted by atomic mass is 127. The van der Waals surface area contributed by atoms with Crippen molar-refractivity contribution in [3.05, 3.63) is 35.4 Å². The summed E-state index contributed by atoms with van der Waals surface area (Å²) in [6.45, 7) is 3.52. The van der Waals surface area contributed by atoms with E-state index in [1.165, 1.54) is 5.56 Å². The van der Waals surface area contributed by atoms with Crippen molar-refractivity contribution in [3.63, 3.8) is 0 Å². The minimum absolute atomic E-state index is 0.576. The zero-order valence-electron chi connectivity index (χ0n) is 9.66. The van der Waals surface area contributed by atoms with Gasteiger partial charge in [0.15, 0.2) is 0 Å². The van der Waals surface area contributed by atoms with Crippen LogP contribution in [-0.2, 0) is 17.6 Å². The SMILES string of the molecule is CC(C)(Cc1ccc(CCI)cc1)C(=O)O. The summed E-state index contributed by atoms with van der Waals surface area (Å²) >= 11 is 2.35. The van der Waals surface area contributed by atoms with E-state index in [1.54, 1.807) is 13.8 Å². The second-order valence-electron chi connectivity index (χ2n) is 4.62. The second-order valence-corrected chi connectivity index (χ2v) is 5.70. The molecule has 88 valence electrons.